The van der Waals surface area contributed by atoms with Crippen molar-refractivity contribution in [2.75, 3.05) is 13.7 Å². The highest BCUT2D eigenvalue weighted by Crippen LogP contribution is 2.16. The summed E-state index contributed by atoms with van der Waals surface area (Å²) in [5.74, 6) is 0.00890. The first-order valence-corrected chi connectivity index (χ1v) is 13.1. The number of benzene rings is 3. The lowest BCUT2D eigenvalue weighted by atomic mass is 10.1. The topological polar surface area (TPSA) is 103 Å². The van der Waals surface area contributed by atoms with Crippen LogP contribution in [0.25, 0.3) is 0 Å². The molecule has 0 saturated heterocycles. The van der Waals surface area contributed by atoms with Crippen molar-refractivity contribution >= 4 is 18.0 Å². The Labute approximate surface area is 229 Å². The monoisotopic (exact) mass is 532 g/mol. The number of alkyl carbamates (subject to hydrolysis) is 1. The Bertz CT molecular complexity index is 1150. The number of ether oxygens (including phenoxy) is 3. The molecule has 3 rings (SSSR count). The lowest BCUT2D eigenvalue weighted by Gasteiger charge is -2.17. The summed E-state index contributed by atoms with van der Waals surface area (Å²) in [5.41, 5.74) is 2.88. The second-order valence-corrected chi connectivity index (χ2v) is 9.06. The molecule has 3 aromatic carbocycles. The first-order chi connectivity index (χ1) is 19.0. The second-order valence-electron chi connectivity index (χ2n) is 9.06. The molecule has 0 unspecified atom stereocenters. The van der Waals surface area contributed by atoms with E-state index in [1.54, 1.807) is 0 Å². The van der Waals surface area contributed by atoms with Crippen LogP contribution in [-0.4, -0.2) is 37.7 Å². The Morgan fingerprint density at radius 1 is 0.744 bits per heavy atom. The van der Waals surface area contributed by atoms with E-state index < -0.39 is 18.1 Å². The molecular formula is C31H36N2O6. The smallest absolute Gasteiger partial charge is 0.407 e. The third kappa shape index (κ3) is 11.3. The van der Waals surface area contributed by atoms with E-state index in [0.717, 1.165) is 28.9 Å². The Morgan fingerprint density at radius 2 is 1.38 bits per heavy atom. The molecule has 0 fully saturated rings. The summed E-state index contributed by atoms with van der Waals surface area (Å²) in [7, 11) is 1.31. The van der Waals surface area contributed by atoms with E-state index in [4.69, 9.17) is 14.2 Å². The number of methoxy groups -OCH3 is 1. The van der Waals surface area contributed by atoms with Crippen molar-refractivity contribution in [3.63, 3.8) is 0 Å². The first kappa shape index (κ1) is 29.2. The SMILES string of the molecule is COC(=O)[C@@H](Cc1ccc(OCc2ccccc2)cc1)NC(=O)CCCCCNC(=O)OCc1ccccc1. The molecule has 0 radical (unpaired) electrons. The average Bonchev–Trinajstić information content (AvgIpc) is 2.97. The molecule has 8 heteroatoms. The summed E-state index contributed by atoms with van der Waals surface area (Å²) in [5, 5.41) is 5.50. The number of amides is 2. The minimum atomic E-state index is -0.778. The summed E-state index contributed by atoms with van der Waals surface area (Å²) in [4.78, 5) is 36.5. The van der Waals surface area contributed by atoms with Gasteiger partial charge in [-0.2, -0.15) is 0 Å². The number of carbonyl (C=O) groups is 3. The van der Waals surface area contributed by atoms with Crippen LogP contribution >= 0.6 is 0 Å². The molecule has 0 heterocycles. The molecule has 0 aliphatic carbocycles. The minimum absolute atomic E-state index is 0.219. The van der Waals surface area contributed by atoms with Crippen LogP contribution in [0.5, 0.6) is 5.75 Å². The van der Waals surface area contributed by atoms with Gasteiger partial charge in [-0.3, -0.25) is 4.79 Å². The largest absolute Gasteiger partial charge is 0.489 e. The van der Waals surface area contributed by atoms with E-state index in [0.29, 0.717) is 32.4 Å². The number of esters is 1. The van der Waals surface area contributed by atoms with Crippen molar-refractivity contribution in [1.82, 2.24) is 10.6 Å². The van der Waals surface area contributed by atoms with E-state index in [1.165, 1.54) is 7.11 Å². The van der Waals surface area contributed by atoms with Gasteiger partial charge >= 0.3 is 12.1 Å². The lowest BCUT2D eigenvalue weighted by Crippen LogP contribution is -2.43. The predicted octanol–water partition coefficient (Wildman–Crippen LogP) is 4.95. The highest BCUT2D eigenvalue weighted by Gasteiger charge is 2.21. The molecule has 0 aromatic heterocycles. The highest BCUT2D eigenvalue weighted by molar-refractivity contribution is 5.84. The third-order valence-corrected chi connectivity index (χ3v) is 6.00. The Balaban J connectivity index is 1.32. The average molecular weight is 533 g/mol. The van der Waals surface area contributed by atoms with E-state index in [-0.39, 0.29) is 18.9 Å². The van der Waals surface area contributed by atoms with Gasteiger partial charge < -0.3 is 24.8 Å². The number of carbonyl (C=O) groups excluding carboxylic acids is 3. The molecule has 1 atom stereocenters. The fraction of sp³-hybridized carbons (Fsp3) is 0.323. The molecule has 3 aromatic rings. The van der Waals surface area contributed by atoms with E-state index in [1.807, 2.05) is 84.9 Å². The highest BCUT2D eigenvalue weighted by atomic mass is 16.5. The quantitative estimate of drug-likeness (QED) is 0.212. The maximum atomic E-state index is 12.5. The van der Waals surface area contributed by atoms with Crippen LogP contribution in [0, 0.1) is 0 Å². The second kappa shape index (κ2) is 16.5. The summed E-state index contributed by atoms with van der Waals surface area (Å²) < 4.78 is 15.9. The van der Waals surface area contributed by atoms with Gasteiger partial charge in [0.05, 0.1) is 7.11 Å². The number of rotatable bonds is 15. The Hall–Kier alpha value is -4.33. The molecule has 39 heavy (non-hydrogen) atoms. The zero-order chi connectivity index (χ0) is 27.7. The Morgan fingerprint density at radius 3 is 2.03 bits per heavy atom. The van der Waals surface area contributed by atoms with Gasteiger partial charge in [0.25, 0.3) is 0 Å². The fourth-order valence-electron chi connectivity index (χ4n) is 3.85. The van der Waals surface area contributed by atoms with Crippen molar-refractivity contribution in [2.45, 2.75) is 51.4 Å². The minimum Gasteiger partial charge on any atom is -0.489 e. The van der Waals surface area contributed by atoms with Gasteiger partial charge in [-0.15, -0.1) is 0 Å². The van der Waals surface area contributed by atoms with Crippen LogP contribution in [0.1, 0.15) is 42.4 Å². The standard InChI is InChI=1S/C31H36N2O6/c1-37-30(35)28(21-24-16-18-27(19-17-24)38-22-25-11-5-2-6-12-25)33-29(34)15-9-4-10-20-32-31(36)39-23-26-13-7-3-8-14-26/h2-3,5-8,11-14,16-19,28H,4,9-10,15,20-23H2,1H3,(H,32,36)(H,33,34)/t28-/m1/s1. The van der Waals surface area contributed by atoms with Gasteiger partial charge in [-0.25, -0.2) is 9.59 Å². The van der Waals surface area contributed by atoms with Crippen LogP contribution in [0.15, 0.2) is 84.9 Å². The van der Waals surface area contributed by atoms with Crippen molar-refractivity contribution in [1.29, 1.82) is 0 Å². The Kier molecular flexibility index (Phi) is 12.4. The van der Waals surface area contributed by atoms with Crippen molar-refractivity contribution in [3.05, 3.63) is 102 Å². The summed E-state index contributed by atoms with van der Waals surface area (Å²) in [6.45, 7) is 1.15. The van der Waals surface area contributed by atoms with E-state index >= 15 is 0 Å². The molecule has 8 nitrogen and oxygen atoms in total. The molecule has 206 valence electrons. The van der Waals surface area contributed by atoms with Gasteiger partial charge in [0.15, 0.2) is 0 Å². The predicted molar refractivity (Wildman–Crippen MR) is 148 cm³/mol. The first-order valence-electron chi connectivity index (χ1n) is 13.1. The van der Waals surface area contributed by atoms with Gasteiger partial charge in [-0.1, -0.05) is 79.2 Å². The zero-order valence-corrected chi connectivity index (χ0v) is 22.3. The van der Waals surface area contributed by atoms with Gasteiger partial charge in [-0.05, 0) is 41.7 Å². The molecule has 2 amide bonds. The molecule has 0 aliphatic rings. The van der Waals surface area contributed by atoms with Crippen LogP contribution in [0.3, 0.4) is 0 Å². The molecule has 0 saturated carbocycles. The van der Waals surface area contributed by atoms with E-state index in [9.17, 15) is 14.4 Å². The normalized spacial score (nSPS) is 11.2. The molecule has 0 bridgehead atoms. The van der Waals surface area contributed by atoms with Gasteiger partial charge in [0.2, 0.25) is 5.91 Å². The van der Waals surface area contributed by atoms with Crippen LogP contribution in [0.2, 0.25) is 0 Å². The maximum Gasteiger partial charge on any atom is 0.407 e. The van der Waals surface area contributed by atoms with Crippen LogP contribution < -0.4 is 15.4 Å². The lowest BCUT2D eigenvalue weighted by molar-refractivity contribution is -0.145. The molecular weight excluding hydrogens is 496 g/mol. The molecule has 0 spiro atoms. The fourth-order valence-corrected chi connectivity index (χ4v) is 3.85. The summed E-state index contributed by atoms with van der Waals surface area (Å²) >= 11 is 0. The number of hydrogen-bond donors (Lipinski definition) is 2. The summed E-state index contributed by atoms with van der Waals surface area (Å²) in [6.07, 6.45) is 2.22. The summed E-state index contributed by atoms with van der Waals surface area (Å²) in [6, 6.07) is 26.0. The van der Waals surface area contributed by atoms with E-state index in [2.05, 4.69) is 10.6 Å². The van der Waals surface area contributed by atoms with Crippen LogP contribution in [0.4, 0.5) is 4.79 Å². The van der Waals surface area contributed by atoms with Crippen molar-refractivity contribution < 1.29 is 28.6 Å². The third-order valence-electron chi connectivity index (χ3n) is 6.00. The number of nitrogens with one attached hydrogen (secondary N) is 2. The maximum absolute atomic E-state index is 12.5. The van der Waals surface area contributed by atoms with Gasteiger partial charge in [0, 0.05) is 19.4 Å². The number of hydrogen-bond acceptors (Lipinski definition) is 6. The van der Waals surface area contributed by atoms with Crippen molar-refractivity contribution in [3.8, 4) is 5.75 Å². The molecule has 2 N–H and O–H groups in total. The number of unbranched alkanes of at least 4 members (excludes halogenated alkanes) is 2. The van der Waals surface area contributed by atoms with Crippen LogP contribution in [-0.2, 0) is 38.7 Å². The molecule has 0 aliphatic heterocycles. The van der Waals surface area contributed by atoms with Crippen molar-refractivity contribution in [2.24, 2.45) is 0 Å². The van der Waals surface area contributed by atoms with Gasteiger partial charge in [0.1, 0.15) is 25.0 Å². The zero-order valence-electron chi connectivity index (χ0n) is 22.3.